The number of Topliss-reactive ketones (excluding diaryl/α,β-unsaturated/α-hetero) is 1. The van der Waals surface area contributed by atoms with Crippen LogP contribution in [0.5, 0.6) is 11.5 Å². The van der Waals surface area contributed by atoms with Crippen molar-refractivity contribution in [3.05, 3.63) is 65.2 Å². The highest BCUT2D eigenvalue weighted by atomic mass is 16.5. The van der Waals surface area contributed by atoms with Gasteiger partial charge in [-0.3, -0.25) is 9.59 Å². The van der Waals surface area contributed by atoms with Gasteiger partial charge in [0.15, 0.2) is 0 Å². The van der Waals surface area contributed by atoms with Crippen LogP contribution in [0, 0.1) is 0 Å². The Balaban J connectivity index is 1.80. The second-order valence-electron chi connectivity index (χ2n) is 8.52. The quantitative estimate of drug-likeness (QED) is 0.339. The highest BCUT2D eigenvalue weighted by Gasteiger charge is 2.49. The third-order valence-electron chi connectivity index (χ3n) is 6.29. The molecule has 2 aliphatic rings. The molecule has 0 radical (unpaired) electrons. The second kappa shape index (κ2) is 10.1. The molecule has 1 saturated heterocycles. The summed E-state index contributed by atoms with van der Waals surface area (Å²) in [7, 11) is 0. The lowest BCUT2D eigenvalue weighted by molar-refractivity contribution is -0.141. The van der Waals surface area contributed by atoms with E-state index in [-0.39, 0.29) is 17.4 Å². The van der Waals surface area contributed by atoms with Gasteiger partial charge in [-0.05, 0) is 56.0 Å². The summed E-state index contributed by atoms with van der Waals surface area (Å²) < 4.78 is 11.3. The molecule has 1 saturated carbocycles. The minimum Gasteiger partial charge on any atom is -0.507 e. The summed E-state index contributed by atoms with van der Waals surface area (Å²) >= 11 is 0. The van der Waals surface area contributed by atoms with Crippen LogP contribution in [0.2, 0.25) is 0 Å². The van der Waals surface area contributed by atoms with Crippen LogP contribution in [-0.2, 0) is 9.59 Å². The van der Waals surface area contributed by atoms with E-state index in [1.807, 2.05) is 44.2 Å². The van der Waals surface area contributed by atoms with E-state index in [4.69, 9.17) is 9.47 Å². The molecule has 0 aromatic heterocycles. The average molecular weight is 450 g/mol. The molecule has 2 aromatic rings. The van der Waals surface area contributed by atoms with Gasteiger partial charge in [-0.1, -0.05) is 44.0 Å². The number of nitrogens with zero attached hydrogens (tertiary/aromatic N) is 1. The van der Waals surface area contributed by atoms with Crippen LogP contribution in [0.1, 0.15) is 63.1 Å². The number of benzene rings is 2. The third-order valence-corrected chi connectivity index (χ3v) is 6.29. The van der Waals surface area contributed by atoms with Gasteiger partial charge in [0, 0.05) is 11.6 Å². The standard InChI is InChI=1S/C27H31NO5/c1-3-16-33-22-11-7-8-19(17-22)25(29)23-24(18-12-14-21(15-13-18)32-4-2)28(27(31)26(23)30)20-9-5-6-10-20/h7-8,11-15,17,20,24,29H,3-6,9-10,16H2,1-2H3/b25-23-. The Morgan fingerprint density at radius 2 is 1.73 bits per heavy atom. The van der Waals surface area contributed by atoms with Crippen molar-refractivity contribution < 1.29 is 24.2 Å². The molecule has 174 valence electrons. The van der Waals surface area contributed by atoms with E-state index in [9.17, 15) is 14.7 Å². The maximum atomic E-state index is 13.2. The van der Waals surface area contributed by atoms with Gasteiger partial charge in [0.1, 0.15) is 17.3 Å². The monoisotopic (exact) mass is 449 g/mol. The molecule has 0 spiro atoms. The first kappa shape index (κ1) is 22.9. The van der Waals surface area contributed by atoms with Gasteiger partial charge in [0.05, 0.1) is 24.8 Å². The highest BCUT2D eigenvalue weighted by molar-refractivity contribution is 6.46. The molecule has 33 heavy (non-hydrogen) atoms. The number of aliphatic hydroxyl groups is 1. The summed E-state index contributed by atoms with van der Waals surface area (Å²) in [4.78, 5) is 28.1. The smallest absolute Gasteiger partial charge is 0.295 e. The Morgan fingerprint density at radius 1 is 1.00 bits per heavy atom. The van der Waals surface area contributed by atoms with E-state index < -0.39 is 17.7 Å². The number of carbonyl (C=O) groups excluding carboxylic acids is 2. The molecule has 1 unspecified atom stereocenters. The predicted molar refractivity (Wildman–Crippen MR) is 126 cm³/mol. The van der Waals surface area contributed by atoms with Crippen LogP contribution in [0.25, 0.3) is 5.76 Å². The minimum absolute atomic E-state index is 0.0115. The first-order chi connectivity index (χ1) is 16.0. The van der Waals surface area contributed by atoms with Crippen molar-refractivity contribution in [1.29, 1.82) is 0 Å². The summed E-state index contributed by atoms with van der Waals surface area (Å²) in [5.41, 5.74) is 1.37. The van der Waals surface area contributed by atoms with Crippen molar-refractivity contribution in [2.75, 3.05) is 13.2 Å². The molecule has 1 heterocycles. The van der Waals surface area contributed by atoms with Crippen molar-refractivity contribution in [3.8, 4) is 11.5 Å². The van der Waals surface area contributed by atoms with Crippen LogP contribution in [0.4, 0.5) is 0 Å². The number of ketones is 1. The van der Waals surface area contributed by atoms with E-state index in [0.717, 1.165) is 43.4 Å². The first-order valence-corrected chi connectivity index (χ1v) is 11.8. The molecule has 2 aromatic carbocycles. The van der Waals surface area contributed by atoms with Gasteiger partial charge in [-0.2, -0.15) is 0 Å². The van der Waals surface area contributed by atoms with Crippen LogP contribution in [-0.4, -0.2) is 41.0 Å². The summed E-state index contributed by atoms with van der Waals surface area (Å²) in [6.45, 7) is 5.05. The van der Waals surface area contributed by atoms with Crippen molar-refractivity contribution in [3.63, 3.8) is 0 Å². The van der Waals surface area contributed by atoms with E-state index in [1.165, 1.54) is 0 Å². The zero-order valence-electron chi connectivity index (χ0n) is 19.3. The molecule has 4 rings (SSSR count). The fourth-order valence-corrected chi connectivity index (χ4v) is 4.76. The maximum absolute atomic E-state index is 13.2. The fraction of sp³-hybridized carbons (Fsp3) is 0.407. The van der Waals surface area contributed by atoms with E-state index in [2.05, 4.69) is 0 Å². The van der Waals surface area contributed by atoms with Gasteiger partial charge in [-0.25, -0.2) is 0 Å². The Labute approximate surface area is 194 Å². The maximum Gasteiger partial charge on any atom is 0.295 e. The molecule has 6 nitrogen and oxygen atoms in total. The summed E-state index contributed by atoms with van der Waals surface area (Å²) in [5, 5.41) is 11.3. The van der Waals surface area contributed by atoms with Crippen LogP contribution in [0.3, 0.4) is 0 Å². The molecule has 1 atom stereocenters. The number of hydrogen-bond donors (Lipinski definition) is 1. The summed E-state index contributed by atoms with van der Waals surface area (Å²) in [6, 6.07) is 13.8. The van der Waals surface area contributed by atoms with Gasteiger partial charge in [0.25, 0.3) is 11.7 Å². The number of aliphatic hydroxyl groups excluding tert-OH is 1. The largest absolute Gasteiger partial charge is 0.507 e. The molecule has 6 heteroatoms. The lowest BCUT2D eigenvalue weighted by Gasteiger charge is -2.30. The molecular formula is C27H31NO5. The Kier molecular flexibility index (Phi) is 7.02. The average Bonchev–Trinajstić information content (AvgIpc) is 3.45. The zero-order valence-corrected chi connectivity index (χ0v) is 19.3. The van der Waals surface area contributed by atoms with Crippen LogP contribution in [0.15, 0.2) is 54.1 Å². The number of ether oxygens (including phenoxy) is 2. The van der Waals surface area contributed by atoms with Crippen molar-refractivity contribution in [2.24, 2.45) is 0 Å². The topological polar surface area (TPSA) is 76.1 Å². The SMILES string of the molecule is CCCOc1cccc(/C(O)=C2/C(=O)C(=O)N(C3CCCC3)C2c2ccc(OCC)cc2)c1. The van der Waals surface area contributed by atoms with E-state index in [1.54, 1.807) is 23.1 Å². The number of carbonyl (C=O) groups is 2. The Hall–Kier alpha value is -3.28. The van der Waals surface area contributed by atoms with Crippen LogP contribution < -0.4 is 9.47 Å². The molecule has 0 bridgehead atoms. The third kappa shape index (κ3) is 4.61. The van der Waals surface area contributed by atoms with E-state index in [0.29, 0.717) is 24.5 Å². The number of rotatable bonds is 8. The number of amides is 1. The lowest BCUT2D eigenvalue weighted by atomic mass is 9.94. The van der Waals surface area contributed by atoms with Gasteiger partial charge in [0.2, 0.25) is 0 Å². The first-order valence-electron chi connectivity index (χ1n) is 11.8. The van der Waals surface area contributed by atoms with Crippen molar-refractivity contribution in [1.82, 2.24) is 4.90 Å². The molecule has 2 fully saturated rings. The molecular weight excluding hydrogens is 418 g/mol. The highest BCUT2D eigenvalue weighted by Crippen LogP contribution is 2.43. The molecule has 1 aliphatic carbocycles. The Bertz CT molecular complexity index is 1040. The molecule has 1 amide bonds. The van der Waals surface area contributed by atoms with Crippen LogP contribution >= 0.6 is 0 Å². The normalized spacial score (nSPS) is 20.4. The van der Waals surface area contributed by atoms with Crippen molar-refractivity contribution >= 4 is 17.4 Å². The van der Waals surface area contributed by atoms with Crippen molar-refractivity contribution in [2.45, 2.75) is 58.0 Å². The van der Waals surface area contributed by atoms with Gasteiger partial charge < -0.3 is 19.5 Å². The Morgan fingerprint density at radius 3 is 2.39 bits per heavy atom. The van der Waals surface area contributed by atoms with Gasteiger partial charge in [-0.15, -0.1) is 0 Å². The summed E-state index contributed by atoms with van der Waals surface area (Å²) in [6.07, 6.45) is 4.64. The number of likely N-dealkylation sites (tertiary alicyclic amines) is 1. The lowest BCUT2D eigenvalue weighted by Crippen LogP contribution is -2.37. The predicted octanol–water partition coefficient (Wildman–Crippen LogP) is 5.24. The van der Waals surface area contributed by atoms with E-state index >= 15 is 0 Å². The summed E-state index contributed by atoms with van der Waals surface area (Å²) in [5.74, 6) is -0.0167. The second-order valence-corrected chi connectivity index (χ2v) is 8.52. The van der Waals surface area contributed by atoms with Gasteiger partial charge >= 0.3 is 0 Å². The number of hydrogen-bond acceptors (Lipinski definition) is 5. The molecule has 1 aliphatic heterocycles. The molecule has 1 N–H and O–H groups in total. The fourth-order valence-electron chi connectivity index (χ4n) is 4.76. The zero-order chi connectivity index (χ0) is 23.4. The minimum atomic E-state index is -0.641.